The van der Waals surface area contributed by atoms with E-state index in [1.165, 1.54) is 19.1 Å². The maximum atomic E-state index is 11.4. The fourth-order valence-corrected chi connectivity index (χ4v) is 1.94. The van der Waals surface area contributed by atoms with Crippen molar-refractivity contribution in [3.8, 4) is 5.75 Å². The Kier molecular flexibility index (Phi) is 2.18. The van der Waals surface area contributed by atoms with E-state index in [1.54, 1.807) is 6.07 Å². The molecule has 2 rings (SSSR count). The van der Waals surface area contributed by atoms with Crippen LogP contribution in [0.3, 0.4) is 0 Å². The van der Waals surface area contributed by atoms with E-state index in [1.807, 2.05) is 0 Å². The summed E-state index contributed by atoms with van der Waals surface area (Å²) in [6.07, 6.45) is 1.50. The third-order valence-corrected chi connectivity index (χ3v) is 3.15. The minimum atomic E-state index is -0.646. The quantitative estimate of drug-likeness (QED) is 0.624. The van der Waals surface area contributed by atoms with Gasteiger partial charge >= 0.3 is 5.69 Å². The van der Waals surface area contributed by atoms with Gasteiger partial charge in [0.05, 0.1) is 10.3 Å². The van der Waals surface area contributed by atoms with Crippen LogP contribution in [0, 0.1) is 10.1 Å². The molecule has 1 aromatic rings. The number of carbonyl (C=O) groups is 1. The lowest BCUT2D eigenvalue weighted by Gasteiger charge is -2.11. The first-order chi connectivity index (χ1) is 7.47. The van der Waals surface area contributed by atoms with Gasteiger partial charge in [0, 0.05) is 6.07 Å². The predicted octanol–water partition coefficient (Wildman–Crippen LogP) is 1.92. The third kappa shape index (κ3) is 1.44. The first-order valence-electron chi connectivity index (χ1n) is 4.96. The number of aromatic hydroxyl groups is 1. The first kappa shape index (κ1) is 10.6. The summed E-state index contributed by atoms with van der Waals surface area (Å²) >= 11 is 0. The van der Waals surface area contributed by atoms with Crippen LogP contribution in [-0.4, -0.2) is 15.8 Å². The molecule has 1 aliphatic rings. The molecule has 0 amide bonds. The zero-order valence-electron chi connectivity index (χ0n) is 8.77. The number of nitro groups is 1. The normalized spacial score (nSPS) is 16.8. The molecule has 84 valence electrons. The number of nitro benzene ring substituents is 1. The molecule has 5 nitrogen and oxygen atoms in total. The minimum absolute atomic E-state index is 0.0424. The summed E-state index contributed by atoms with van der Waals surface area (Å²) in [6, 6.07) is 4.12. The fourth-order valence-electron chi connectivity index (χ4n) is 1.94. The number of phenols is 1. The summed E-state index contributed by atoms with van der Waals surface area (Å²) in [4.78, 5) is 21.3. The molecule has 0 atom stereocenters. The molecular weight excluding hydrogens is 210 g/mol. The molecule has 0 bridgehead atoms. The highest BCUT2D eigenvalue weighted by Gasteiger charge is 2.49. The molecule has 1 aromatic carbocycles. The molecule has 0 saturated heterocycles. The van der Waals surface area contributed by atoms with Crippen LogP contribution in [0.4, 0.5) is 5.69 Å². The Balaban J connectivity index is 2.43. The molecule has 1 fully saturated rings. The number of Topliss-reactive ketones (excluding diaryl/α,β-unsaturated/α-hetero) is 1. The standard InChI is InChI=1S/C11H11NO4/c1-7(13)11(4-5-11)8-2-3-9(12(15)16)10(14)6-8/h2-3,6,14H,4-5H2,1H3. The molecule has 0 heterocycles. The van der Waals surface area contributed by atoms with Crippen LogP contribution in [0.1, 0.15) is 25.3 Å². The molecule has 0 aliphatic heterocycles. The molecule has 16 heavy (non-hydrogen) atoms. The number of nitrogens with zero attached hydrogens (tertiary/aromatic N) is 1. The van der Waals surface area contributed by atoms with Crippen molar-refractivity contribution in [3.05, 3.63) is 33.9 Å². The smallest absolute Gasteiger partial charge is 0.310 e. The zero-order valence-corrected chi connectivity index (χ0v) is 8.77. The Morgan fingerprint density at radius 2 is 2.12 bits per heavy atom. The number of carbonyl (C=O) groups excluding carboxylic acids is 1. The van der Waals surface area contributed by atoms with Crippen LogP contribution in [0.25, 0.3) is 0 Å². The largest absolute Gasteiger partial charge is 0.502 e. The van der Waals surface area contributed by atoms with Crippen molar-refractivity contribution >= 4 is 11.5 Å². The van der Waals surface area contributed by atoms with Crippen molar-refractivity contribution < 1.29 is 14.8 Å². The van der Waals surface area contributed by atoms with Gasteiger partial charge in [0.2, 0.25) is 0 Å². The van der Waals surface area contributed by atoms with Gasteiger partial charge in [0.15, 0.2) is 5.75 Å². The van der Waals surface area contributed by atoms with E-state index < -0.39 is 10.3 Å². The van der Waals surface area contributed by atoms with Crippen molar-refractivity contribution in [1.29, 1.82) is 0 Å². The lowest BCUT2D eigenvalue weighted by Crippen LogP contribution is -2.16. The second-order valence-corrected chi connectivity index (χ2v) is 4.10. The summed E-state index contributed by atoms with van der Waals surface area (Å²) in [5, 5.41) is 20.0. The topological polar surface area (TPSA) is 80.4 Å². The molecule has 1 saturated carbocycles. The summed E-state index contributed by atoms with van der Waals surface area (Å²) in [5.74, 6) is -0.337. The highest BCUT2D eigenvalue weighted by atomic mass is 16.6. The van der Waals surface area contributed by atoms with E-state index >= 15 is 0 Å². The van der Waals surface area contributed by atoms with Gasteiger partial charge in [-0.2, -0.15) is 0 Å². The molecule has 5 heteroatoms. The van der Waals surface area contributed by atoms with E-state index in [-0.39, 0.29) is 17.2 Å². The molecule has 0 radical (unpaired) electrons. The Morgan fingerprint density at radius 1 is 1.50 bits per heavy atom. The third-order valence-electron chi connectivity index (χ3n) is 3.15. The summed E-state index contributed by atoms with van der Waals surface area (Å²) in [6.45, 7) is 1.51. The Morgan fingerprint density at radius 3 is 2.50 bits per heavy atom. The van der Waals surface area contributed by atoms with Gasteiger partial charge in [-0.25, -0.2) is 0 Å². The Hall–Kier alpha value is -1.91. The van der Waals surface area contributed by atoms with Gasteiger partial charge < -0.3 is 5.11 Å². The number of ketones is 1. The average molecular weight is 221 g/mol. The van der Waals surface area contributed by atoms with Gasteiger partial charge in [-0.3, -0.25) is 14.9 Å². The fraction of sp³-hybridized carbons (Fsp3) is 0.364. The highest BCUT2D eigenvalue weighted by molar-refractivity contribution is 5.91. The minimum Gasteiger partial charge on any atom is -0.502 e. The lowest BCUT2D eigenvalue weighted by molar-refractivity contribution is -0.385. The van der Waals surface area contributed by atoms with Crippen LogP contribution in [0.5, 0.6) is 5.75 Å². The van der Waals surface area contributed by atoms with E-state index in [4.69, 9.17) is 0 Å². The van der Waals surface area contributed by atoms with E-state index in [0.717, 1.165) is 12.8 Å². The summed E-state index contributed by atoms with van der Waals surface area (Å²) in [7, 11) is 0. The van der Waals surface area contributed by atoms with Gasteiger partial charge in [-0.15, -0.1) is 0 Å². The number of rotatable bonds is 3. The second-order valence-electron chi connectivity index (χ2n) is 4.10. The predicted molar refractivity (Wildman–Crippen MR) is 56.4 cm³/mol. The average Bonchev–Trinajstić information content (AvgIpc) is 2.97. The number of hydrogen-bond donors (Lipinski definition) is 1. The maximum absolute atomic E-state index is 11.4. The van der Waals surface area contributed by atoms with Crippen LogP contribution in [0.2, 0.25) is 0 Å². The van der Waals surface area contributed by atoms with Crippen molar-refractivity contribution in [2.24, 2.45) is 0 Å². The lowest BCUT2D eigenvalue weighted by atomic mass is 9.92. The van der Waals surface area contributed by atoms with Crippen LogP contribution >= 0.6 is 0 Å². The molecular formula is C11H11NO4. The summed E-state index contributed by atoms with van der Waals surface area (Å²) < 4.78 is 0. The summed E-state index contributed by atoms with van der Waals surface area (Å²) in [5.41, 5.74) is -0.168. The van der Waals surface area contributed by atoms with E-state index in [9.17, 15) is 20.0 Å². The number of hydrogen-bond acceptors (Lipinski definition) is 4. The van der Waals surface area contributed by atoms with Crippen molar-refractivity contribution in [3.63, 3.8) is 0 Å². The van der Waals surface area contributed by atoms with Crippen molar-refractivity contribution in [2.75, 3.05) is 0 Å². The van der Waals surface area contributed by atoms with E-state index in [0.29, 0.717) is 5.56 Å². The highest BCUT2D eigenvalue weighted by Crippen LogP contribution is 2.50. The molecule has 0 unspecified atom stereocenters. The molecule has 1 N–H and O–H groups in total. The molecule has 0 aromatic heterocycles. The van der Waals surface area contributed by atoms with Gasteiger partial charge in [0.1, 0.15) is 5.78 Å². The zero-order chi connectivity index (χ0) is 11.9. The van der Waals surface area contributed by atoms with Gasteiger partial charge in [-0.1, -0.05) is 6.07 Å². The maximum Gasteiger partial charge on any atom is 0.310 e. The number of phenolic OH excluding ortho intramolecular Hbond substituents is 1. The Labute approximate surface area is 91.9 Å². The van der Waals surface area contributed by atoms with Crippen LogP contribution in [0.15, 0.2) is 18.2 Å². The molecule has 1 aliphatic carbocycles. The second kappa shape index (κ2) is 3.30. The van der Waals surface area contributed by atoms with E-state index in [2.05, 4.69) is 0 Å². The van der Waals surface area contributed by atoms with Crippen LogP contribution < -0.4 is 0 Å². The first-order valence-corrected chi connectivity index (χ1v) is 4.96. The van der Waals surface area contributed by atoms with Crippen molar-refractivity contribution in [1.82, 2.24) is 0 Å². The number of benzene rings is 1. The monoisotopic (exact) mass is 221 g/mol. The van der Waals surface area contributed by atoms with Gasteiger partial charge in [-0.05, 0) is 31.4 Å². The SMILES string of the molecule is CC(=O)C1(c2ccc([N+](=O)[O-])c(O)c2)CC1. The molecule has 0 spiro atoms. The van der Waals surface area contributed by atoms with Crippen LogP contribution in [-0.2, 0) is 10.2 Å². The van der Waals surface area contributed by atoms with Gasteiger partial charge in [0.25, 0.3) is 0 Å². The Bertz CT molecular complexity index is 477. The van der Waals surface area contributed by atoms with Crippen molar-refractivity contribution in [2.45, 2.75) is 25.2 Å².